The molecule has 0 aliphatic carbocycles. The second kappa shape index (κ2) is 11.1. The van der Waals surface area contributed by atoms with Gasteiger partial charge in [-0.05, 0) is 44.9 Å². The highest BCUT2D eigenvalue weighted by Crippen LogP contribution is 2.23. The first kappa shape index (κ1) is 24.3. The van der Waals surface area contributed by atoms with Gasteiger partial charge in [0.2, 0.25) is 15.9 Å². The van der Waals surface area contributed by atoms with E-state index in [1.807, 2.05) is 36.1 Å². The maximum atomic E-state index is 13.1. The molecule has 182 valence electrons. The van der Waals surface area contributed by atoms with Crippen molar-refractivity contribution >= 4 is 34.7 Å². The minimum Gasteiger partial charge on any atom is -0.340 e. The van der Waals surface area contributed by atoms with E-state index in [0.29, 0.717) is 18.8 Å². The molecular formula is C24H32N6O3S. The molecule has 3 amide bonds. The Hall–Kier alpha value is -2.85. The van der Waals surface area contributed by atoms with E-state index in [2.05, 4.69) is 27.3 Å². The molecule has 0 radical (unpaired) electrons. The normalized spacial score (nSPS) is 19.2. The van der Waals surface area contributed by atoms with Gasteiger partial charge in [0.15, 0.2) is 0 Å². The lowest BCUT2D eigenvalue weighted by Gasteiger charge is -2.38. The molecule has 2 fully saturated rings. The van der Waals surface area contributed by atoms with Gasteiger partial charge < -0.3 is 15.1 Å². The molecule has 10 heteroatoms. The van der Waals surface area contributed by atoms with Crippen molar-refractivity contribution in [3.63, 3.8) is 0 Å². The summed E-state index contributed by atoms with van der Waals surface area (Å²) in [5.74, 6) is -0.705. The van der Waals surface area contributed by atoms with E-state index in [1.54, 1.807) is 4.90 Å². The van der Waals surface area contributed by atoms with E-state index < -0.39 is 5.91 Å². The quantitative estimate of drug-likeness (QED) is 0.677. The Morgan fingerprint density at radius 2 is 1.71 bits per heavy atom. The number of aromatic nitrogens is 2. The predicted octanol–water partition coefficient (Wildman–Crippen LogP) is 2.51. The summed E-state index contributed by atoms with van der Waals surface area (Å²) in [5.41, 5.74) is 1.76. The van der Waals surface area contributed by atoms with Crippen LogP contribution in [0.15, 0.2) is 24.3 Å². The summed E-state index contributed by atoms with van der Waals surface area (Å²) in [6.07, 6.45) is 2.68. The first-order chi connectivity index (χ1) is 16.4. The number of carbonyl (C=O) groups excluding carboxylic acids is 3. The zero-order chi connectivity index (χ0) is 24.1. The Kier molecular flexibility index (Phi) is 7.89. The topological polar surface area (TPSA) is 98.7 Å². The van der Waals surface area contributed by atoms with Crippen molar-refractivity contribution in [1.29, 1.82) is 0 Å². The number of nitrogens with zero attached hydrogens (tertiary/aromatic N) is 5. The average molecular weight is 485 g/mol. The molecule has 9 nitrogen and oxygen atoms in total. The summed E-state index contributed by atoms with van der Waals surface area (Å²) in [6.45, 7) is 9.50. The number of benzene rings is 1. The Morgan fingerprint density at radius 3 is 2.41 bits per heavy atom. The first-order valence-corrected chi connectivity index (χ1v) is 12.8. The van der Waals surface area contributed by atoms with E-state index in [-0.39, 0.29) is 27.7 Å². The molecule has 1 aromatic carbocycles. The van der Waals surface area contributed by atoms with E-state index in [9.17, 15) is 14.4 Å². The maximum absolute atomic E-state index is 13.1. The fourth-order valence-corrected chi connectivity index (χ4v) is 5.19. The second-order valence-corrected chi connectivity index (χ2v) is 9.97. The van der Waals surface area contributed by atoms with Crippen LogP contribution in [0.25, 0.3) is 0 Å². The van der Waals surface area contributed by atoms with E-state index in [0.717, 1.165) is 68.9 Å². The van der Waals surface area contributed by atoms with E-state index in [4.69, 9.17) is 0 Å². The number of amides is 3. The third kappa shape index (κ3) is 5.79. The van der Waals surface area contributed by atoms with E-state index in [1.165, 1.54) is 0 Å². The molecule has 2 aliphatic rings. The van der Waals surface area contributed by atoms with Crippen molar-refractivity contribution in [2.75, 3.05) is 51.1 Å². The lowest BCUT2D eigenvalue weighted by molar-refractivity contribution is -0.138. The van der Waals surface area contributed by atoms with Crippen LogP contribution in [0.4, 0.5) is 5.69 Å². The highest BCUT2D eigenvalue weighted by molar-refractivity contribution is 7.15. The van der Waals surface area contributed by atoms with Crippen LogP contribution in [0.1, 0.15) is 51.4 Å². The molecule has 0 saturated carbocycles. The smallest absolute Gasteiger partial charge is 0.286 e. The first-order valence-electron chi connectivity index (χ1n) is 12.0. The van der Waals surface area contributed by atoms with Gasteiger partial charge in [-0.2, -0.15) is 0 Å². The number of anilines is 1. The molecule has 4 rings (SSSR count). The van der Waals surface area contributed by atoms with Crippen molar-refractivity contribution < 1.29 is 14.4 Å². The molecule has 34 heavy (non-hydrogen) atoms. The standard InChI is InChI=1S/C24H32N6O3S/c1-3-10-28-12-14-29(15-13-28)23(32)18-5-4-11-30(16-18)24(33)22-27-26-21(34-22)20(31)25-19-8-6-17(2)7-9-19/h6-9,18H,3-5,10-16H2,1-2H3,(H,25,31)/t18-/m1/s1. The van der Waals surface area contributed by atoms with Crippen LogP contribution in [0.2, 0.25) is 0 Å². The fraction of sp³-hybridized carbons (Fsp3) is 0.542. The van der Waals surface area contributed by atoms with Gasteiger partial charge in [-0.3, -0.25) is 19.3 Å². The summed E-state index contributed by atoms with van der Waals surface area (Å²) in [7, 11) is 0. The number of piperazine rings is 1. The number of carbonyl (C=O) groups is 3. The van der Waals surface area contributed by atoms with Crippen molar-refractivity contribution in [2.45, 2.75) is 33.1 Å². The van der Waals surface area contributed by atoms with Gasteiger partial charge >= 0.3 is 0 Å². The summed E-state index contributed by atoms with van der Waals surface area (Å²) >= 11 is 0.981. The van der Waals surface area contributed by atoms with Gasteiger partial charge in [0.05, 0.1) is 5.92 Å². The van der Waals surface area contributed by atoms with Gasteiger partial charge in [-0.25, -0.2) is 0 Å². The summed E-state index contributed by atoms with van der Waals surface area (Å²) in [6, 6.07) is 7.44. The highest BCUT2D eigenvalue weighted by atomic mass is 32.1. The molecule has 2 aliphatic heterocycles. The van der Waals surface area contributed by atoms with Crippen LogP contribution in [-0.4, -0.2) is 88.4 Å². The molecular weight excluding hydrogens is 452 g/mol. The Bertz CT molecular complexity index is 1020. The molecule has 0 spiro atoms. The average Bonchev–Trinajstić information content (AvgIpc) is 3.36. The molecule has 0 bridgehead atoms. The van der Waals surface area contributed by atoms with Crippen LogP contribution in [0.5, 0.6) is 0 Å². The SMILES string of the molecule is CCCN1CCN(C(=O)[C@@H]2CCCN(C(=O)c3nnc(C(=O)Nc4ccc(C)cc4)s3)C2)CC1. The van der Waals surface area contributed by atoms with Gasteiger partial charge in [0.25, 0.3) is 11.8 Å². The number of nitrogens with one attached hydrogen (secondary N) is 1. The summed E-state index contributed by atoms with van der Waals surface area (Å²) < 4.78 is 0. The third-order valence-electron chi connectivity index (χ3n) is 6.39. The van der Waals surface area contributed by atoms with Crippen molar-refractivity contribution in [2.24, 2.45) is 5.92 Å². The van der Waals surface area contributed by atoms with Crippen LogP contribution in [0.3, 0.4) is 0 Å². The Balaban J connectivity index is 1.33. The number of aryl methyl sites for hydroxylation is 1. The van der Waals surface area contributed by atoms with Gasteiger partial charge in [0.1, 0.15) is 0 Å². The fourth-order valence-electron chi connectivity index (χ4n) is 4.49. The van der Waals surface area contributed by atoms with Crippen molar-refractivity contribution in [1.82, 2.24) is 24.9 Å². The van der Waals surface area contributed by atoms with Gasteiger partial charge in [-0.15, -0.1) is 10.2 Å². The zero-order valence-electron chi connectivity index (χ0n) is 19.8. The molecule has 0 unspecified atom stereocenters. The van der Waals surface area contributed by atoms with Crippen LogP contribution < -0.4 is 5.32 Å². The zero-order valence-corrected chi connectivity index (χ0v) is 20.6. The summed E-state index contributed by atoms with van der Waals surface area (Å²) in [4.78, 5) is 44.7. The lowest BCUT2D eigenvalue weighted by Crippen LogP contribution is -2.53. The minimum absolute atomic E-state index is 0.138. The molecule has 3 heterocycles. The molecule has 2 aromatic rings. The van der Waals surface area contributed by atoms with Crippen LogP contribution in [0, 0.1) is 12.8 Å². The predicted molar refractivity (Wildman–Crippen MR) is 131 cm³/mol. The molecule has 2 saturated heterocycles. The van der Waals surface area contributed by atoms with Gasteiger partial charge in [0, 0.05) is 45.0 Å². The van der Waals surface area contributed by atoms with Crippen molar-refractivity contribution in [3.8, 4) is 0 Å². The van der Waals surface area contributed by atoms with Crippen molar-refractivity contribution in [3.05, 3.63) is 39.8 Å². The number of piperidine rings is 1. The number of hydrogen-bond donors (Lipinski definition) is 1. The lowest BCUT2D eigenvalue weighted by atomic mass is 9.96. The minimum atomic E-state index is -0.394. The number of rotatable bonds is 6. The third-order valence-corrected chi connectivity index (χ3v) is 7.30. The van der Waals surface area contributed by atoms with E-state index >= 15 is 0 Å². The maximum Gasteiger partial charge on any atom is 0.286 e. The second-order valence-electron chi connectivity index (χ2n) is 8.99. The van der Waals surface area contributed by atoms with Crippen LogP contribution in [-0.2, 0) is 4.79 Å². The summed E-state index contributed by atoms with van der Waals surface area (Å²) in [5, 5.41) is 11.0. The van der Waals surface area contributed by atoms with Crippen LogP contribution >= 0.6 is 11.3 Å². The van der Waals surface area contributed by atoms with Gasteiger partial charge in [-0.1, -0.05) is 36.0 Å². The number of likely N-dealkylation sites (tertiary alicyclic amines) is 1. The monoisotopic (exact) mass is 484 g/mol. The molecule has 1 N–H and O–H groups in total. The Morgan fingerprint density at radius 1 is 1.00 bits per heavy atom. The number of hydrogen-bond acceptors (Lipinski definition) is 7. The largest absolute Gasteiger partial charge is 0.340 e. The molecule has 1 aromatic heterocycles. The Labute approximate surface area is 204 Å². The molecule has 1 atom stereocenters. The highest BCUT2D eigenvalue weighted by Gasteiger charge is 2.34.